The lowest BCUT2D eigenvalue weighted by atomic mass is 9.93. The number of hydrogen-bond donors (Lipinski definition) is 1. The maximum atomic E-state index is 11.6. The standard InChI is InChI=1S/C13H18N2O2/c1-9-7-13(17)14-8-11(9)12-5-3-4-6-15(12)10(2)16/h7-8,12H,3-6H2,1-2H3,(H,14,17)/t12-/m1/s1. The van der Waals surface area contributed by atoms with Crippen LogP contribution >= 0.6 is 0 Å². The van der Waals surface area contributed by atoms with Crippen LogP contribution in [0, 0.1) is 6.92 Å². The SMILES string of the molecule is CC(=O)N1CCCC[C@@H]1c1c[nH]c(=O)cc1C. The van der Waals surface area contributed by atoms with Crippen LogP contribution < -0.4 is 5.56 Å². The number of aromatic amines is 1. The number of aryl methyl sites for hydroxylation is 1. The van der Waals surface area contributed by atoms with E-state index in [-0.39, 0.29) is 17.5 Å². The molecule has 1 aromatic rings. The van der Waals surface area contributed by atoms with Gasteiger partial charge >= 0.3 is 0 Å². The molecular weight excluding hydrogens is 216 g/mol. The zero-order valence-corrected chi connectivity index (χ0v) is 10.3. The van der Waals surface area contributed by atoms with Crippen LogP contribution in [-0.4, -0.2) is 22.3 Å². The van der Waals surface area contributed by atoms with Gasteiger partial charge in [-0.1, -0.05) is 0 Å². The van der Waals surface area contributed by atoms with Crippen LogP contribution in [0.1, 0.15) is 43.4 Å². The van der Waals surface area contributed by atoms with Gasteiger partial charge in [0, 0.05) is 25.7 Å². The van der Waals surface area contributed by atoms with Crippen molar-refractivity contribution in [1.82, 2.24) is 9.88 Å². The normalized spacial score (nSPS) is 20.4. The Hall–Kier alpha value is -1.58. The molecule has 2 heterocycles. The molecule has 2 rings (SSSR count). The molecule has 1 aliphatic heterocycles. The molecule has 92 valence electrons. The summed E-state index contributed by atoms with van der Waals surface area (Å²) in [4.78, 5) is 27.4. The van der Waals surface area contributed by atoms with Crippen LogP contribution in [0.3, 0.4) is 0 Å². The highest BCUT2D eigenvalue weighted by molar-refractivity contribution is 5.74. The van der Waals surface area contributed by atoms with Gasteiger partial charge in [-0.3, -0.25) is 9.59 Å². The molecule has 1 aliphatic rings. The second-order valence-corrected chi connectivity index (χ2v) is 4.66. The number of carbonyl (C=O) groups is 1. The molecule has 1 atom stereocenters. The maximum absolute atomic E-state index is 11.6. The van der Waals surface area contributed by atoms with E-state index in [1.54, 1.807) is 19.2 Å². The van der Waals surface area contributed by atoms with E-state index >= 15 is 0 Å². The van der Waals surface area contributed by atoms with Gasteiger partial charge < -0.3 is 9.88 Å². The first kappa shape index (κ1) is 11.9. The van der Waals surface area contributed by atoms with Gasteiger partial charge in [-0.25, -0.2) is 0 Å². The first-order chi connectivity index (χ1) is 8.09. The number of nitrogens with one attached hydrogen (secondary N) is 1. The molecule has 1 fully saturated rings. The Morgan fingerprint density at radius 1 is 1.47 bits per heavy atom. The Labute approximate surface area is 101 Å². The molecule has 1 aromatic heterocycles. The summed E-state index contributed by atoms with van der Waals surface area (Å²) in [5.74, 6) is 0.111. The summed E-state index contributed by atoms with van der Waals surface area (Å²) in [5.41, 5.74) is 1.95. The van der Waals surface area contributed by atoms with Crippen molar-refractivity contribution < 1.29 is 4.79 Å². The van der Waals surface area contributed by atoms with Crippen molar-refractivity contribution in [3.63, 3.8) is 0 Å². The molecule has 0 saturated carbocycles. The molecule has 0 spiro atoms. The molecular formula is C13H18N2O2. The molecule has 0 aliphatic carbocycles. The lowest BCUT2D eigenvalue weighted by molar-refractivity contribution is -0.132. The summed E-state index contributed by atoms with van der Waals surface area (Å²) in [7, 11) is 0. The predicted octanol–water partition coefficient (Wildman–Crippen LogP) is 1.76. The van der Waals surface area contributed by atoms with Gasteiger partial charge in [-0.05, 0) is 37.3 Å². The van der Waals surface area contributed by atoms with Gasteiger partial charge in [-0.2, -0.15) is 0 Å². The number of rotatable bonds is 1. The van der Waals surface area contributed by atoms with Crippen LogP contribution in [0.25, 0.3) is 0 Å². The number of H-pyrrole nitrogens is 1. The minimum atomic E-state index is -0.0866. The molecule has 17 heavy (non-hydrogen) atoms. The van der Waals surface area contributed by atoms with Crippen molar-refractivity contribution >= 4 is 5.91 Å². The van der Waals surface area contributed by atoms with E-state index in [0.717, 1.165) is 36.9 Å². The maximum Gasteiger partial charge on any atom is 0.248 e. The van der Waals surface area contributed by atoms with Crippen LogP contribution in [-0.2, 0) is 4.79 Å². The average molecular weight is 234 g/mol. The second-order valence-electron chi connectivity index (χ2n) is 4.66. The third kappa shape index (κ3) is 2.40. The van der Waals surface area contributed by atoms with Gasteiger partial charge in [-0.15, -0.1) is 0 Å². The van der Waals surface area contributed by atoms with Crippen LogP contribution in [0.15, 0.2) is 17.1 Å². The number of amides is 1. The Kier molecular flexibility index (Phi) is 3.31. The van der Waals surface area contributed by atoms with Crippen molar-refractivity contribution in [1.29, 1.82) is 0 Å². The lowest BCUT2D eigenvalue weighted by Gasteiger charge is -2.36. The fraction of sp³-hybridized carbons (Fsp3) is 0.538. The number of piperidine rings is 1. The minimum absolute atomic E-state index is 0.0866. The van der Waals surface area contributed by atoms with Gasteiger partial charge in [0.15, 0.2) is 0 Å². The van der Waals surface area contributed by atoms with Crippen molar-refractivity contribution in [3.8, 4) is 0 Å². The van der Waals surface area contributed by atoms with Crippen molar-refractivity contribution in [3.05, 3.63) is 33.7 Å². The summed E-state index contributed by atoms with van der Waals surface area (Å²) < 4.78 is 0. The number of aromatic nitrogens is 1. The van der Waals surface area contributed by atoms with E-state index in [2.05, 4.69) is 4.98 Å². The molecule has 1 N–H and O–H groups in total. The number of nitrogens with zero attached hydrogens (tertiary/aromatic N) is 1. The molecule has 1 saturated heterocycles. The second kappa shape index (κ2) is 4.73. The lowest BCUT2D eigenvalue weighted by Crippen LogP contribution is -2.37. The third-order valence-corrected chi connectivity index (χ3v) is 3.44. The number of carbonyl (C=O) groups excluding carboxylic acids is 1. The van der Waals surface area contributed by atoms with E-state index in [1.165, 1.54) is 0 Å². The monoisotopic (exact) mass is 234 g/mol. The largest absolute Gasteiger partial charge is 0.336 e. The molecule has 0 bridgehead atoms. The van der Waals surface area contributed by atoms with Crippen molar-refractivity contribution in [2.75, 3.05) is 6.54 Å². The summed E-state index contributed by atoms with van der Waals surface area (Å²) >= 11 is 0. The highest BCUT2D eigenvalue weighted by Gasteiger charge is 2.26. The number of hydrogen-bond acceptors (Lipinski definition) is 2. The molecule has 1 amide bonds. The first-order valence-electron chi connectivity index (χ1n) is 6.06. The van der Waals surface area contributed by atoms with Gasteiger partial charge in [0.2, 0.25) is 11.5 Å². The molecule has 0 aromatic carbocycles. The van der Waals surface area contributed by atoms with Gasteiger partial charge in [0.1, 0.15) is 0 Å². The Balaban J connectivity index is 2.36. The molecule has 4 heteroatoms. The first-order valence-corrected chi connectivity index (χ1v) is 6.06. The predicted molar refractivity (Wildman–Crippen MR) is 65.8 cm³/mol. The fourth-order valence-corrected chi connectivity index (χ4v) is 2.58. The number of likely N-dealkylation sites (tertiary alicyclic amines) is 1. The quantitative estimate of drug-likeness (QED) is 0.805. The van der Waals surface area contributed by atoms with E-state index in [4.69, 9.17) is 0 Å². The van der Waals surface area contributed by atoms with E-state index in [1.807, 2.05) is 11.8 Å². The Bertz CT molecular complexity index is 479. The van der Waals surface area contributed by atoms with Crippen molar-refractivity contribution in [2.45, 2.75) is 39.2 Å². The summed E-state index contributed by atoms with van der Waals surface area (Å²) in [5, 5.41) is 0. The zero-order chi connectivity index (χ0) is 12.4. The summed E-state index contributed by atoms with van der Waals surface area (Å²) in [6.45, 7) is 4.36. The van der Waals surface area contributed by atoms with E-state index in [9.17, 15) is 9.59 Å². The third-order valence-electron chi connectivity index (χ3n) is 3.44. The topological polar surface area (TPSA) is 53.2 Å². The molecule has 0 unspecified atom stereocenters. The highest BCUT2D eigenvalue weighted by Crippen LogP contribution is 2.31. The summed E-state index contributed by atoms with van der Waals surface area (Å²) in [6, 6.07) is 1.72. The van der Waals surface area contributed by atoms with Gasteiger partial charge in [0.05, 0.1) is 6.04 Å². The highest BCUT2D eigenvalue weighted by atomic mass is 16.2. The number of pyridine rings is 1. The van der Waals surface area contributed by atoms with Crippen LogP contribution in [0.2, 0.25) is 0 Å². The molecule has 0 radical (unpaired) electrons. The van der Waals surface area contributed by atoms with E-state index < -0.39 is 0 Å². The van der Waals surface area contributed by atoms with E-state index in [0.29, 0.717) is 0 Å². The van der Waals surface area contributed by atoms with Crippen molar-refractivity contribution in [2.24, 2.45) is 0 Å². The Morgan fingerprint density at radius 2 is 2.24 bits per heavy atom. The minimum Gasteiger partial charge on any atom is -0.336 e. The average Bonchev–Trinajstić information content (AvgIpc) is 2.29. The summed E-state index contributed by atoms with van der Waals surface area (Å²) in [6.07, 6.45) is 4.93. The molecule has 4 nitrogen and oxygen atoms in total. The van der Waals surface area contributed by atoms with Gasteiger partial charge in [0.25, 0.3) is 0 Å². The Morgan fingerprint density at radius 3 is 2.88 bits per heavy atom. The zero-order valence-electron chi connectivity index (χ0n) is 10.3. The fourth-order valence-electron chi connectivity index (χ4n) is 2.58. The van der Waals surface area contributed by atoms with Crippen LogP contribution in [0.5, 0.6) is 0 Å². The van der Waals surface area contributed by atoms with Crippen LogP contribution in [0.4, 0.5) is 0 Å². The smallest absolute Gasteiger partial charge is 0.248 e.